The molecule has 1 aromatic carbocycles. The van der Waals surface area contributed by atoms with E-state index in [1.165, 1.54) is 7.11 Å². The van der Waals surface area contributed by atoms with Gasteiger partial charge in [0.1, 0.15) is 5.75 Å². The van der Waals surface area contributed by atoms with Crippen molar-refractivity contribution in [2.45, 2.75) is 24.8 Å². The molecule has 0 aliphatic carbocycles. The van der Waals surface area contributed by atoms with Gasteiger partial charge in [-0.3, -0.25) is 4.79 Å². The largest absolute Gasteiger partial charge is 0.496 e. The van der Waals surface area contributed by atoms with E-state index in [1.54, 1.807) is 29.4 Å². The Morgan fingerprint density at radius 1 is 1.32 bits per heavy atom. The van der Waals surface area contributed by atoms with Crippen LogP contribution in [0.15, 0.2) is 23.1 Å². The summed E-state index contributed by atoms with van der Waals surface area (Å²) < 4.78 is 32.9. The van der Waals surface area contributed by atoms with E-state index in [0.717, 1.165) is 13.1 Å². The normalized spacial score (nSPS) is 23.4. The molecule has 7 nitrogen and oxygen atoms in total. The Bertz CT molecular complexity index is 738. The molecule has 138 valence electrons. The molecule has 2 saturated heterocycles. The summed E-state index contributed by atoms with van der Waals surface area (Å²) in [5.41, 5.74) is 0.659. The van der Waals surface area contributed by atoms with Gasteiger partial charge in [0, 0.05) is 31.6 Å². The zero-order valence-electron chi connectivity index (χ0n) is 14.6. The van der Waals surface area contributed by atoms with Gasteiger partial charge >= 0.3 is 0 Å². The highest BCUT2D eigenvalue weighted by atomic mass is 32.2. The molecule has 1 aromatic rings. The van der Waals surface area contributed by atoms with Crippen molar-refractivity contribution in [2.75, 3.05) is 33.3 Å². The van der Waals surface area contributed by atoms with Crippen molar-refractivity contribution in [3.63, 3.8) is 0 Å². The van der Waals surface area contributed by atoms with E-state index in [2.05, 4.69) is 10.6 Å². The van der Waals surface area contributed by atoms with Gasteiger partial charge in [-0.2, -0.15) is 4.31 Å². The Kier molecular flexibility index (Phi) is 5.31. The lowest BCUT2D eigenvalue weighted by molar-refractivity contribution is -0.120. The summed E-state index contributed by atoms with van der Waals surface area (Å²) in [5, 5.41) is 6.08. The summed E-state index contributed by atoms with van der Waals surface area (Å²) in [6.45, 7) is 4.91. The zero-order valence-corrected chi connectivity index (χ0v) is 15.4. The number of fused-ring (bicyclic) bond motifs is 1. The zero-order chi connectivity index (χ0) is 18.0. The molecule has 0 saturated carbocycles. The number of hydrogen-bond acceptors (Lipinski definition) is 5. The molecule has 2 atom stereocenters. The first-order valence-electron chi connectivity index (χ1n) is 8.60. The van der Waals surface area contributed by atoms with Gasteiger partial charge in [0.25, 0.3) is 0 Å². The standard InChI is InChI=1S/C17H25N3O4S/c1-3-17(21)19-9-12-6-15(4-5-16(12)24-2)25(22,23)20-10-13-7-18-8-14(13)11-20/h4-6,13-14,18H,3,7-11H2,1-2H3,(H,19,21)/t13-,14+. The minimum absolute atomic E-state index is 0.0878. The van der Waals surface area contributed by atoms with Crippen molar-refractivity contribution in [1.82, 2.24) is 14.9 Å². The molecule has 2 aliphatic heterocycles. The van der Waals surface area contributed by atoms with E-state index in [9.17, 15) is 13.2 Å². The summed E-state index contributed by atoms with van der Waals surface area (Å²) >= 11 is 0. The monoisotopic (exact) mass is 367 g/mol. The van der Waals surface area contributed by atoms with E-state index in [1.807, 2.05) is 0 Å². The SMILES string of the molecule is CCC(=O)NCc1cc(S(=O)(=O)N2C[C@H]3CNC[C@H]3C2)ccc1OC. The lowest BCUT2D eigenvalue weighted by Crippen LogP contribution is -2.32. The van der Waals surface area contributed by atoms with Crippen LogP contribution < -0.4 is 15.4 Å². The Hall–Kier alpha value is -1.64. The van der Waals surface area contributed by atoms with Gasteiger partial charge in [0.15, 0.2) is 0 Å². The van der Waals surface area contributed by atoms with Crippen molar-refractivity contribution in [3.8, 4) is 5.75 Å². The second-order valence-electron chi connectivity index (χ2n) is 6.60. The third kappa shape index (κ3) is 3.65. The maximum Gasteiger partial charge on any atom is 0.243 e. The smallest absolute Gasteiger partial charge is 0.243 e. The number of carbonyl (C=O) groups is 1. The highest BCUT2D eigenvalue weighted by molar-refractivity contribution is 7.89. The van der Waals surface area contributed by atoms with Gasteiger partial charge in [0.2, 0.25) is 15.9 Å². The lowest BCUT2D eigenvalue weighted by atomic mass is 10.0. The Labute approximate surface area is 148 Å². The molecule has 2 N–H and O–H groups in total. The number of methoxy groups -OCH3 is 1. The number of amides is 1. The number of carbonyl (C=O) groups excluding carboxylic acids is 1. The quantitative estimate of drug-likeness (QED) is 0.767. The molecule has 1 amide bonds. The van der Waals surface area contributed by atoms with E-state index in [-0.39, 0.29) is 17.3 Å². The lowest BCUT2D eigenvalue weighted by Gasteiger charge is -2.19. The first kappa shape index (κ1) is 18.2. The van der Waals surface area contributed by atoms with Crippen LogP contribution >= 0.6 is 0 Å². The van der Waals surface area contributed by atoms with Crippen LogP contribution in [-0.4, -0.2) is 51.9 Å². The molecular formula is C17H25N3O4S. The van der Waals surface area contributed by atoms with Crippen molar-refractivity contribution in [3.05, 3.63) is 23.8 Å². The number of hydrogen-bond donors (Lipinski definition) is 2. The number of nitrogens with zero attached hydrogens (tertiary/aromatic N) is 1. The van der Waals surface area contributed by atoms with Gasteiger partial charge in [-0.05, 0) is 43.1 Å². The third-order valence-corrected chi connectivity index (χ3v) is 6.87. The van der Waals surface area contributed by atoms with Crippen LogP contribution in [0.4, 0.5) is 0 Å². The fourth-order valence-electron chi connectivity index (χ4n) is 3.53. The minimum atomic E-state index is -3.54. The molecule has 3 rings (SSSR count). The molecule has 0 radical (unpaired) electrons. The predicted molar refractivity (Wildman–Crippen MR) is 93.7 cm³/mol. The first-order chi connectivity index (χ1) is 12.0. The maximum atomic E-state index is 13.0. The average molecular weight is 367 g/mol. The second kappa shape index (κ2) is 7.31. The number of benzene rings is 1. The molecule has 0 unspecified atom stereocenters. The fraction of sp³-hybridized carbons (Fsp3) is 0.588. The topological polar surface area (TPSA) is 87.7 Å². The number of ether oxygens (including phenoxy) is 1. The van der Waals surface area contributed by atoms with Gasteiger partial charge in [-0.15, -0.1) is 0 Å². The predicted octanol–water partition coefficient (Wildman–Crippen LogP) is 0.561. The summed E-state index contributed by atoms with van der Waals surface area (Å²) in [6.07, 6.45) is 0.380. The number of rotatable bonds is 6. The van der Waals surface area contributed by atoms with Crippen LogP contribution in [0.2, 0.25) is 0 Å². The number of sulfonamides is 1. The first-order valence-corrected chi connectivity index (χ1v) is 10.0. The van der Waals surface area contributed by atoms with Crippen molar-refractivity contribution in [1.29, 1.82) is 0 Å². The number of nitrogens with one attached hydrogen (secondary N) is 2. The van der Waals surface area contributed by atoms with Crippen LogP contribution in [0.25, 0.3) is 0 Å². The van der Waals surface area contributed by atoms with Crippen LogP contribution in [-0.2, 0) is 21.4 Å². The summed E-state index contributed by atoms with van der Waals surface area (Å²) in [6, 6.07) is 4.83. The van der Waals surface area contributed by atoms with Crippen molar-refractivity contribution < 1.29 is 17.9 Å². The molecule has 25 heavy (non-hydrogen) atoms. The van der Waals surface area contributed by atoms with Gasteiger partial charge in [-0.25, -0.2) is 8.42 Å². The summed E-state index contributed by atoms with van der Waals surface area (Å²) in [5.74, 6) is 1.28. The van der Waals surface area contributed by atoms with Gasteiger partial charge in [0.05, 0.1) is 12.0 Å². The van der Waals surface area contributed by atoms with Crippen molar-refractivity contribution >= 4 is 15.9 Å². The van der Waals surface area contributed by atoms with Gasteiger partial charge in [-0.1, -0.05) is 6.92 Å². The fourth-order valence-corrected chi connectivity index (χ4v) is 5.13. The molecule has 2 aliphatic rings. The minimum Gasteiger partial charge on any atom is -0.496 e. The Morgan fingerprint density at radius 2 is 2.00 bits per heavy atom. The Balaban J connectivity index is 1.82. The highest BCUT2D eigenvalue weighted by Gasteiger charge is 2.41. The molecule has 0 bridgehead atoms. The second-order valence-corrected chi connectivity index (χ2v) is 8.54. The van der Waals surface area contributed by atoms with E-state index < -0.39 is 10.0 Å². The van der Waals surface area contributed by atoms with Crippen LogP contribution in [0, 0.1) is 11.8 Å². The van der Waals surface area contributed by atoms with Crippen LogP contribution in [0.3, 0.4) is 0 Å². The average Bonchev–Trinajstić information content (AvgIpc) is 3.21. The highest BCUT2D eigenvalue weighted by Crippen LogP contribution is 2.32. The van der Waals surface area contributed by atoms with Crippen molar-refractivity contribution in [2.24, 2.45) is 11.8 Å². The molecule has 0 spiro atoms. The molecule has 8 heteroatoms. The van der Waals surface area contributed by atoms with Crippen LogP contribution in [0.5, 0.6) is 5.75 Å². The molecular weight excluding hydrogens is 342 g/mol. The summed E-state index contributed by atoms with van der Waals surface area (Å²) in [7, 11) is -2.00. The third-order valence-electron chi connectivity index (χ3n) is 5.04. The maximum absolute atomic E-state index is 13.0. The van der Waals surface area contributed by atoms with Gasteiger partial charge < -0.3 is 15.4 Å². The Morgan fingerprint density at radius 3 is 2.60 bits per heavy atom. The van der Waals surface area contributed by atoms with E-state index in [4.69, 9.17) is 4.74 Å². The summed E-state index contributed by atoms with van der Waals surface area (Å²) in [4.78, 5) is 11.8. The molecule has 2 heterocycles. The molecule has 0 aromatic heterocycles. The molecule has 2 fully saturated rings. The van der Waals surface area contributed by atoms with E-state index >= 15 is 0 Å². The van der Waals surface area contributed by atoms with Crippen LogP contribution in [0.1, 0.15) is 18.9 Å². The van der Waals surface area contributed by atoms with E-state index in [0.29, 0.717) is 42.7 Å².